The van der Waals surface area contributed by atoms with Gasteiger partial charge in [0.15, 0.2) is 0 Å². The van der Waals surface area contributed by atoms with Crippen molar-refractivity contribution in [2.45, 2.75) is 38.6 Å². The second-order valence-corrected chi connectivity index (χ2v) is 8.02. The number of nitrogens with zero attached hydrogens (tertiary/aromatic N) is 2. The van der Waals surface area contributed by atoms with Crippen molar-refractivity contribution in [3.05, 3.63) is 11.4 Å². The van der Waals surface area contributed by atoms with Crippen LogP contribution in [0.2, 0.25) is 0 Å². The number of nitrogens with one attached hydrogen (secondary N) is 1. The lowest BCUT2D eigenvalue weighted by Crippen LogP contribution is -2.09. The van der Waals surface area contributed by atoms with Crippen molar-refractivity contribution in [3.63, 3.8) is 0 Å². The summed E-state index contributed by atoms with van der Waals surface area (Å²) < 4.78 is 22.4. The van der Waals surface area contributed by atoms with E-state index in [1.54, 1.807) is 0 Å². The van der Waals surface area contributed by atoms with Gasteiger partial charge < -0.3 is 5.32 Å². The second kappa shape index (κ2) is 7.83. The molecule has 0 bridgehead atoms. The number of rotatable bonds is 8. The van der Waals surface area contributed by atoms with Gasteiger partial charge in [0.1, 0.15) is 26.5 Å². The van der Waals surface area contributed by atoms with Crippen LogP contribution in [0.1, 0.15) is 31.7 Å². The van der Waals surface area contributed by atoms with Gasteiger partial charge in [-0.1, -0.05) is 13.8 Å². The smallest absolute Gasteiger partial charge is 0.148 e. The molecule has 114 valence electrons. The molecular formula is C13H23N3O2S2. The van der Waals surface area contributed by atoms with Crippen LogP contribution in [0.4, 0.5) is 5.82 Å². The van der Waals surface area contributed by atoms with Gasteiger partial charge in [0.05, 0.1) is 5.75 Å². The van der Waals surface area contributed by atoms with Crippen LogP contribution in [0.3, 0.4) is 0 Å². The van der Waals surface area contributed by atoms with Crippen molar-refractivity contribution >= 4 is 27.4 Å². The summed E-state index contributed by atoms with van der Waals surface area (Å²) >= 11 is 1.48. The number of hydrogen-bond donors (Lipinski definition) is 1. The fourth-order valence-electron chi connectivity index (χ4n) is 1.54. The lowest BCUT2D eigenvalue weighted by atomic mass is 10.3. The molecule has 0 saturated carbocycles. The number of anilines is 1. The molecule has 1 N–H and O–H groups in total. The van der Waals surface area contributed by atoms with Crippen LogP contribution >= 0.6 is 11.8 Å². The topological polar surface area (TPSA) is 72.0 Å². The third kappa shape index (κ3) is 5.66. The second-order valence-electron chi connectivity index (χ2n) is 4.68. The molecule has 0 radical (unpaired) electrons. The Morgan fingerprint density at radius 1 is 1.25 bits per heavy atom. The maximum Gasteiger partial charge on any atom is 0.148 e. The SMILES string of the molecule is CCCNc1nc(CC)nc(SCCS(C)(=O)=O)c1C. The van der Waals surface area contributed by atoms with E-state index in [0.29, 0.717) is 5.75 Å². The van der Waals surface area contributed by atoms with Crippen molar-refractivity contribution in [2.24, 2.45) is 0 Å². The molecule has 1 aromatic rings. The van der Waals surface area contributed by atoms with E-state index in [2.05, 4.69) is 22.2 Å². The molecule has 0 saturated heterocycles. The number of aromatic nitrogens is 2. The number of hydrogen-bond acceptors (Lipinski definition) is 6. The van der Waals surface area contributed by atoms with Gasteiger partial charge in [-0.05, 0) is 13.3 Å². The van der Waals surface area contributed by atoms with Crippen LogP contribution in [-0.2, 0) is 16.3 Å². The molecule has 1 aromatic heterocycles. The van der Waals surface area contributed by atoms with Crippen molar-refractivity contribution in [3.8, 4) is 0 Å². The van der Waals surface area contributed by atoms with Gasteiger partial charge in [-0.25, -0.2) is 18.4 Å². The first-order chi connectivity index (χ1) is 9.37. The molecule has 0 atom stereocenters. The Labute approximate surface area is 125 Å². The molecule has 20 heavy (non-hydrogen) atoms. The quantitative estimate of drug-likeness (QED) is 0.586. The minimum absolute atomic E-state index is 0.167. The standard InChI is InChI=1S/C13H23N3O2S2/c1-5-7-14-12-10(3)13(16-11(6-2)15-12)19-8-9-20(4,17)18/h5-9H2,1-4H3,(H,14,15,16). The summed E-state index contributed by atoms with van der Waals surface area (Å²) in [5.41, 5.74) is 0.995. The largest absolute Gasteiger partial charge is 0.370 e. The predicted octanol–water partition coefficient (Wildman–Crippen LogP) is 2.31. The molecule has 0 aliphatic carbocycles. The molecule has 0 spiro atoms. The molecule has 0 aromatic carbocycles. The highest BCUT2D eigenvalue weighted by atomic mass is 32.2. The van der Waals surface area contributed by atoms with E-state index < -0.39 is 9.84 Å². The predicted molar refractivity (Wildman–Crippen MR) is 85.4 cm³/mol. The van der Waals surface area contributed by atoms with E-state index in [0.717, 1.165) is 41.6 Å². The van der Waals surface area contributed by atoms with E-state index in [9.17, 15) is 8.42 Å². The van der Waals surface area contributed by atoms with Crippen molar-refractivity contribution in [1.82, 2.24) is 9.97 Å². The minimum atomic E-state index is -2.93. The third-order valence-electron chi connectivity index (χ3n) is 2.70. The van der Waals surface area contributed by atoms with Gasteiger partial charge in [-0.3, -0.25) is 0 Å². The Morgan fingerprint density at radius 3 is 2.50 bits per heavy atom. The molecule has 1 rings (SSSR count). The van der Waals surface area contributed by atoms with Crippen molar-refractivity contribution in [1.29, 1.82) is 0 Å². The van der Waals surface area contributed by atoms with Crippen LogP contribution in [-0.4, -0.2) is 42.7 Å². The van der Waals surface area contributed by atoms with Crippen LogP contribution in [0.25, 0.3) is 0 Å². The van der Waals surface area contributed by atoms with E-state index in [1.165, 1.54) is 18.0 Å². The van der Waals surface area contributed by atoms with Crippen LogP contribution in [0, 0.1) is 6.92 Å². The molecule has 0 fully saturated rings. The number of thioether (sulfide) groups is 1. The molecule has 7 heteroatoms. The summed E-state index contributed by atoms with van der Waals surface area (Å²) in [6.07, 6.45) is 3.05. The third-order valence-corrected chi connectivity index (χ3v) is 4.98. The molecule has 0 unspecified atom stereocenters. The average Bonchev–Trinajstić information content (AvgIpc) is 2.37. The van der Waals surface area contributed by atoms with E-state index in [4.69, 9.17) is 0 Å². The summed E-state index contributed by atoms with van der Waals surface area (Å²) in [7, 11) is -2.93. The highest BCUT2D eigenvalue weighted by molar-refractivity contribution is 8.00. The first kappa shape index (κ1) is 17.2. The number of aryl methyl sites for hydroxylation is 1. The van der Waals surface area contributed by atoms with Crippen molar-refractivity contribution < 1.29 is 8.42 Å². The fraction of sp³-hybridized carbons (Fsp3) is 0.692. The molecule has 0 aliphatic heterocycles. The van der Waals surface area contributed by atoms with E-state index in [-0.39, 0.29) is 5.75 Å². The monoisotopic (exact) mass is 317 g/mol. The zero-order valence-corrected chi connectivity index (χ0v) is 14.2. The number of sulfone groups is 1. The highest BCUT2D eigenvalue weighted by Crippen LogP contribution is 2.25. The Balaban J connectivity index is 2.87. The Kier molecular flexibility index (Phi) is 6.75. The van der Waals surface area contributed by atoms with E-state index >= 15 is 0 Å². The summed E-state index contributed by atoms with van der Waals surface area (Å²) in [5.74, 6) is 2.34. The van der Waals surface area contributed by atoms with Gasteiger partial charge in [0.2, 0.25) is 0 Å². The van der Waals surface area contributed by atoms with Gasteiger partial charge >= 0.3 is 0 Å². The van der Waals surface area contributed by atoms with Gasteiger partial charge in [-0.15, -0.1) is 11.8 Å². The van der Waals surface area contributed by atoms with E-state index in [1.807, 2.05) is 13.8 Å². The summed E-state index contributed by atoms with van der Waals surface area (Å²) in [5, 5.41) is 4.18. The lowest BCUT2D eigenvalue weighted by Gasteiger charge is -2.12. The maximum atomic E-state index is 11.2. The Morgan fingerprint density at radius 2 is 1.95 bits per heavy atom. The summed E-state index contributed by atoms with van der Waals surface area (Å²) in [4.78, 5) is 8.99. The summed E-state index contributed by atoms with van der Waals surface area (Å²) in [6.45, 7) is 6.96. The molecule has 0 amide bonds. The highest BCUT2D eigenvalue weighted by Gasteiger charge is 2.11. The molecule has 5 nitrogen and oxygen atoms in total. The molecule has 0 aliphatic rings. The zero-order chi connectivity index (χ0) is 15.2. The van der Waals surface area contributed by atoms with Crippen LogP contribution in [0.15, 0.2) is 5.03 Å². The maximum absolute atomic E-state index is 11.2. The van der Waals surface area contributed by atoms with Crippen LogP contribution < -0.4 is 5.32 Å². The normalized spacial score (nSPS) is 11.6. The Bertz CT molecular complexity index is 545. The Hall–Kier alpha value is -0.820. The summed E-state index contributed by atoms with van der Waals surface area (Å²) in [6, 6.07) is 0. The van der Waals surface area contributed by atoms with Gasteiger partial charge in [-0.2, -0.15) is 0 Å². The van der Waals surface area contributed by atoms with Crippen LogP contribution in [0.5, 0.6) is 0 Å². The first-order valence-electron chi connectivity index (χ1n) is 6.79. The minimum Gasteiger partial charge on any atom is -0.370 e. The fourth-order valence-corrected chi connectivity index (χ4v) is 3.76. The molecule has 1 heterocycles. The lowest BCUT2D eigenvalue weighted by molar-refractivity contribution is 0.603. The van der Waals surface area contributed by atoms with Gasteiger partial charge in [0.25, 0.3) is 0 Å². The average molecular weight is 317 g/mol. The first-order valence-corrected chi connectivity index (χ1v) is 9.83. The van der Waals surface area contributed by atoms with Gasteiger partial charge in [0, 0.05) is 30.5 Å². The molecular weight excluding hydrogens is 294 g/mol. The zero-order valence-electron chi connectivity index (χ0n) is 12.6. The van der Waals surface area contributed by atoms with Crippen molar-refractivity contribution in [2.75, 3.05) is 29.6 Å².